The van der Waals surface area contributed by atoms with Gasteiger partial charge in [0.2, 0.25) is 0 Å². The van der Waals surface area contributed by atoms with Gasteiger partial charge < -0.3 is 15.5 Å². The number of piperidine rings is 1. The zero-order valence-electron chi connectivity index (χ0n) is 12.8. The Morgan fingerprint density at radius 2 is 2.00 bits per heavy atom. The van der Waals surface area contributed by atoms with Gasteiger partial charge in [0, 0.05) is 25.7 Å². The Labute approximate surface area is 121 Å². The first-order valence-corrected chi connectivity index (χ1v) is 7.42. The van der Waals surface area contributed by atoms with E-state index in [0.29, 0.717) is 11.6 Å². The molecule has 0 spiro atoms. The average molecular weight is 279 g/mol. The van der Waals surface area contributed by atoms with Gasteiger partial charge in [-0.15, -0.1) is 0 Å². The summed E-state index contributed by atoms with van der Waals surface area (Å²) in [5.41, 5.74) is 7.61. The van der Waals surface area contributed by atoms with Crippen LogP contribution in [-0.4, -0.2) is 38.6 Å². The molecule has 1 aliphatic rings. The number of rotatable bonds is 4. The number of nitrogens with zero attached hydrogens (tertiary/aromatic N) is 2. The summed E-state index contributed by atoms with van der Waals surface area (Å²) in [5, 5.41) is 0. The van der Waals surface area contributed by atoms with Gasteiger partial charge in [-0.1, -0.05) is 12.1 Å². The van der Waals surface area contributed by atoms with E-state index in [4.69, 9.17) is 5.73 Å². The maximum Gasteiger partial charge on any atom is 0.146 e. The van der Waals surface area contributed by atoms with Gasteiger partial charge in [-0.25, -0.2) is 4.39 Å². The van der Waals surface area contributed by atoms with E-state index in [9.17, 15) is 4.39 Å². The summed E-state index contributed by atoms with van der Waals surface area (Å²) in [6, 6.07) is 5.08. The first-order valence-electron chi connectivity index (χ1n) is 7.42. The molecule has 1 aromatic rings. The lowest BCUT2D eigenvalue weighted by Crippen LogP contribution is -2.38. The first kappa shape index (κ1) is 15.3. The molecule has 2 rings (SSSR count). The van der Waals surface area contributed by atoms with Gasteiger partial charge in [-0.05, 0) is 51.4 Å². The highest BCUT2D eigenvalue weighted by molar-refractivity contribution is 5.56. The van der Waals surface area contributed by atoms with E-state index in [1.807, 2.05) is 13.0 Å². The Morgan fingerprint density at radius 3 is 2.55 bits per heavy atom. The summed E-state index contributed by atoms with van der Waals surface area (Å²) >= 11 is 0. The summed E-state index contributed by atoms with van der Waals surface area (Å²) in [6.07, 6.45) is 2.23. The number of nitrogens with two attached hydrogens (primary N) is 1. The summed E-state index contributed by atoms with van der Waals surface area (Å²) in [7, 11) is 4.22. The molecule has 0 saturated carbocycles. The van der Waals surface area contributed by atoms with E-state index in [1.54, 1.807) is 6.07 Å². The van der Waals surface area contributed by atoms with Gasteiger partial charge in [0.15, 0.2) is 0 Å². The minimum Gasteiger partial charge on any atom is -0.369 e. The molecule has 20 heavy (non-hydrogen) atoms. The highest BCUT2D eigenvalue weighted by atomic mass is 19.1. The molecule has 1 fully saturated rings. The Bertz CT molecular complexity index is 437. The fourth-order valence-corrected chi connectivity index (χ4v) is 3.09. The van der Waals surface area contributed by atoms with Crippen LogP contribution in [0.4, 0.5) is 10.1 Å². The van der Waals surface area contributed by atoms with Crippen molar-refractivity contribution in [3.63, 3.8) is 0 Å². The monoisotopic (exact) mass is 279 g/mol. The van der Waals surface area contributed by atoms with Gasteiger partial charge in [-0.3, -0.25) is 0 Å². The first-order chi connectivity index (χ1) is 9.49. The summed E-state index contributed by atoms with van der Waals surface area (Å²) in [6.45, 7) is 4.86. The lowest BCUT2D eigenvalue weighted by molar-refractivity contribution is 0.284. The number of hydrogen-bond acceptors (Lipinski definition) is 3. The molecule has 1 heterocycles. The van der Waals surface area contributed by atoms with E-state index in [1.165, 1.54) is 6.07 Å². The van der Waals surface area contributed by atoms with Crippen LogP contribution >= 0.6 is 0 Å². The zero-order chi connectivity index (χ0) is 14.7. The molecule has 0 radical (unpaired) electrons. The van der Waals surface area contributed by atoms with E-state index in [0.717, 1.165) is 38.0 Å². The van der Waals surface area contributed by atoms with Crippen molar-refractivity contribution in [2.45, 2.75) is 25.8 Å². The number of benzene rings is 1. The molecule has 3 nitrogen and oxygen atoms in total. The van der Waals surface area contributed by atoms with Gasteiger partial charge in [0.25, 0.3) is 0 Å². The SMILES string of the molecule is C[C@H](N)c1cccc(F)c1N1CCC(CN(C)C)CC1. The van der Waals surface area contributed by atoms with Crippen molar-refractivity contribution in [1.82, 2.24) is 4.90 Å². The van der Waals surface area contributed by atoms with Crippen molar-refractivity contribution < 1.29 is 4.39 Å². The van der Waals surface area contributed by atoms with Crippen molar-refractivity contribution in [3.8, 4) is 0 Å². The van der Waals surface area contributed by atoms with Crippen LogP contribution < -0.4 is 10.6 Å². The zero-order valence-corrected chi connectivity index (χ0v) is 12.8. The smallest absolute Gasteiger partial charge is 0.146 e. The van der Waals surface area contributed by atoms with Crippen molar-refractivity contribution in [1.29, 1.82) is 0 Å². The van der Waals surface area contributed by atoms with Crippen LogP contribution in [0.25, 0.3) is 0 Å². The van der Waals surface area contributed by atoms with Crippen molar-refractivity contribution in [3.05, 3.63) is 29.6 Å². The largest absolute Gasteiger partial charge is 0.369 e. The fraction of sp³-hybridized carbons (Fsp3) is 0.625. The Balaban J connectivity index is 2.11. The highest BCUT2D eigenvalue weighted by Gasteiger charge is 2.24. The molecule has 0 amide bonds. The van der Waals surface area contributed by atoms with Crippen molar-refractivity contribution in [2.75, 3.05) is 38.6 Å². The molecule has 4 heteroatoms. The van der Waals surface area contributed by atoms with Crippen LogP contribution in [0, 0.1) is 11.7 Å². The second-order valence-corrected chi connectivity index (χ2v) is 6.16. The molecule has 0 aliphatic carbocycles. The standard InChI is InChI=1S/C16H26FN3/c1-12(18)14-5-4-6-15(17)16(14)20-9-7-13(8-10-20)11-19(2)3/h4-6,12-13H,7-11,18H2,1-3H3/t12-/m0/s1. The minimum absolute atomic E-state index is 0.139. The number of hydrogen-bond donors (Lipinski definition) is 1. The number of anilines is 1. The summed E-state index contributed by atoms with van der Waals surface area (Å²) in [4.78, 5) is 4.40. The predicted octanol–water partition coefficient (Wildman–Crippen LogP) is 2.62. The molecule has 0 aromatic heterocycles. The van der Waals surface area contributed by atoms with Gasteiger partial charge >= 0.3 is 0 Å². The quantitative estimate of drug-likeness (QED) is 0.919. The van der Waals surface area contributed by atoms with Crippen molar-refractivity contribution >= 4 is 5.69 Å². The van der Waals surface area contributed by atoms with E-state index in [2.05, 4.69) is 23.9 Å². The lowest BCUT2D eigenvalue weighted by atomic mass is 9.95. The van der Waals surface area contributed by atoms with E-state index < -0.39 is 0 Å². The Kier molecular flexibility index (Phi) is 5.00. The van der Waals surface area contributed by atoms with Gasteiger partial charge in [0.05, 0.1) is 5.69 Å². The second kappa shape index (κ2) is 6.55. The Hall–Kier alpha value is -1.13. The molecule has 1 saturated heterocycles. The molecule has 1 atom stereocenters. The summed E-state index contributed by atoms with van der Waals surface area (Å²) in [5.74, 6) is 0.567. The number of halogens is 1. The predicted molar refractivity (Wildman–Crippen MR) is 82.5 cm³/mol. The highest BCUT2D eigenvalue weighted by Crippen LogP contribution is 2.31. The molecule has 2 N–H and O–H groups in total. The summed E-state index contributed by atoms with van der Waals surface area (Å²) < 4.78 is 14.2. The lowest BCUT2D eigenvalue weighted by Gasteiger charge is -2.36. The topological polar surface area (TPSA) is 32.5 Å². The molecule has 0 unspecified atom stereocenters. The van der Waals surface area contributed by atoms with Gasteiger partial charge in [-0.2, -0.15) is 0 Å². The van der Waals surface area contributed by atoms with E-state index >= 15 is 0 Å². The Morgan fingerprint density at radius 1 is 1.35 bits per heavy atom. The normalized spacial score (nSPS) is 18.6. The van der Waals surface area contributed by atoms with Gasteiger partial charge in [0.1, 0.15) is 5.82 Å². The number of para-hydroxylation sites is 1. The molecular weight excluding hydrogens is 253 g/mol. The third-order valence-electron chi connectivity index (χ3n) is 4.06. The molecular formula is C16H26FN3. The molecule has 112 valence electrons. The van der Waals surface area contributed by atoms with Crippen molar-refractivity contribution in [2.24, 2.45) is 11.7 Å². The second-order valence-electron chi connectivity index (χ2n) is 6.16. The third-order valence-corrected chi connectivity index (χ3v) is 4.06. The molecule has 0 bridgehead atoms. The fourth-order valence-electron chi connectivity index (χ4n) is 3.09. The van der Waals surface area contributed by atoms with Crippen LogP contribution in [0.3, 0.4) is 0 Å². The van der Waals surface area contributed by atoms with Crippen LogP contribution in [0.15, 0.2) is 18.2 Å². The van der Waals surface area contributed by atoms with E-state index in [-0.39, 0.29) is 11.9 Å². The van der Waals surface area contributed by atoms with Crippen LogP contribution in [-0.2, 0) is 0 Å². The third kappa shape index (κ3) is 3.49. The molecule has 1 aromatic carbocycles. The minimum atomic E-state index is -0.147. The average Bonchev–Trinajstić information content (AvgIpc) is 2.39. The van der Waals surface area contributed by atoms with Crippen LogP contribution in [0.2, 0.25) is 0 Å². The maximum atomic E-state index is 14.2. The maximum absolute atomic E-state index is 14.2. The van der Waals surface area contributed by atoms with Crippen LogP contribution in [0.1, 0.15) is 31.4 Å². The van der Waals surface area contributed by atoms with Crippen LogP contribution in [0.5, 0.6) is 0 Å². The molecule has 1 aliphatic heterocycles.